The summed E-state index contributed by atoms with van der Waals surface area (Å²) >= 11 is 0. The zero-order valence-electron chi connectivity index (χ0n) is 14.0. The maximum atomic E-state index is 10.8. The molecule has 0 fully saturated rings. The van der Waals surface area contributed by atoms with Gasteiger partial charge in [0.1, 0.15) is 6.26 Å². The molecular formula is C17H34O3P+. The smallest absolute Gasteiger partial charge is 0.238 e. The van der Waals surface area contributed by atoms with Crippen LogP contribution in [0.1, 0.15) is 90.4 Å². The molecule has 0 heterocycles. The van der Waals surface area contributed by atoms with Gasteiger partial charge in [-0.05, 0) is 18.9 Å². The van der Waals surface area contributed by atoms with Gasteiger partial charge in [0.2, 0.25) is 0 Å². The average molecular weight is 317 g/mol. The minimum atomic E-state index is -1.96. The second-order valence-corrected chi connectivity index (χ2v) is 6.58. The lowest BCUT2D eigenvalue weighted by atomic mass is 10.0. The molecule has 1 unspecified atom stereocenters. The Kier molecular flexibility index (Phi) is 17.3. The van der Waals surface area contributed by atoms with Crippen LogP contribution in [0.3, 0.4) is 0 Å². The Morgan fingerprint density at radius 2 is 1.29 bits per heavy atom. The number of rotatable bonds is 16. The fourth-order valence-corrected chi connectivity index (χ4v) is 2.58. The van der Waals surface area contributed by atoms with Gasteiger partial charge >= 0.3 is 8.25 Å². The summed E-state index contributed by atoms with van der Waals surface area (Å²) in [6.07, 6.45) is 20.8. The predicted octanol–water partition coefficient (Wildman–Crippen LogP) is 6.91. The first-order valence-corrected chi connectivity index (χ1v) is 9.74. The fraction of sp³-hybridized carbons (Fsp3) is 0.882. The van der Waals surface area contributed by atoms with Crippen molar-refractivity contribution in [2.75, 3.05) is 7.11 Å². The van der Waals surface area contributed by atoms with Crippen LogP contribution in [0, 0.1) is 0 Å². The molecule has 0 rings (SSSR count). The van der Waals surface area contributed by atoms with E-state index < -0.39 is 8.25 Å². The molecule has 0 saturated carbocycles. The molecule has 124 valence electrons. The molecule has 0 bridgehead atoms. The molecule has 0 amide bonds. The average Bonchev–Trinajstić information content (AvgIpc) is 2.50. The highest BCUT2D eigenvalue weighted by atomic mass is 31.1. The maximum absolute atomic E-state index is 10.8. The lowest BCUT2D eigenvalue weighted by molar-refractivity contribution is 0.326. The molecule has 0 saturated heterocycles. The minimum absolute atomic E-state index is 0.990. The van der Waals surface area contributed by atoms with Gasteiger partial charge < -0.3 is 0 Å². The van der Waals surface area contributed by atoms with E-state index >= 15 is 0 Å². The topological polar surface area (TPSA) is 35.5 Å². The molecule has 3 nitrogen and oxygen atoms in total. The van der Waals surface area contributed by atoms with Gasteiger partial charge in [0.15, 0.2) is 0 Å². The van der Waals surface area contributed by atoms with E-state index in [0.29, 0.717) is 0 Å². The van der Waals surface area contributed by atoms with Gasteiger partial charge in [-0.15, -0.1) is 4.52 Å². The van der Waals surface area contributed by atoms with Gasteiger partial charge in [-0.3, -0.25) is 0 Å². The first-order chi connectivity index (χ1) is 10.3. The molecule has 0 aromatic carbocycles. The number of allylic oxidation sites excluding steroid dienone is 1. The quantitative estimate of drug-likeness (QED) is 0.176. The first-order valence-electron chi connectivity index (χ1n) is 8.64. The van der Waals surface area contributed by atoms with E-state index in [2.05, 4.69) is 11.4 Å². The summed E-state index contributed by atoms with van der Waals surface area (Å²) in [4.78, 5) is 0. The zero-order chi connectivity index (χ0) is 15.6. The predicted molar refractivity (Wildman–Crippen MR) is 90.5 cm³/mol. The van der Waals surface area contributed by atoms with E-state index in [1.165, 1.54) is 90.4 Å². The molecule has 0 aliphatic carbocycles. The van der Waals surface area contributed by atoms with E-state index in [-0.39, 0.29) is 0 Å². The molecule has 4 heteroatoms. The van der Waals surface area contributed by atoms with Gasteiger partial charge in [-0.25, -0.2) is 4.52 Å². The lowest BCUT2D eigenvalue weighted by Gasteiger charge is -2.02. The van der Waals surface area contributed by atoms with Crippen molar-refractivity contribution in [3.63, 3.8) is 0 Å². The van der Waals surface area contributed by atoms with Crippen LogP contribution in [0.5, 0.6) is 0 Å². The monoisotopic (exact) mass is 317 g/mol. The molecule has 0 spiro atoms. The highest BCUT2D eigenvalue weighted by Gasteiger charge is 2.13. The summed E-state index contributed by atoms with van der Waals surface area (Å²) in [5.74, 6) is 0. The second kappa shape index (κ2) is 17.7. The summed E-state index contributed by atoms with van der Waals surface area (Å²) in [5.41, 5.74) is 0. The normalized spacial score (nSPS) is 12.0. The van der Waals surface area contributed by atoms with Crippen molar-refractivity contribution in [2.24, 2.45) is 0 Å². The molecule has 0 aliphatic heterocycles. The Labute approximate surface area is 132 Å². The first kappa shape index (κ1) is 20.6. The van der Waals surface area contributed by atoms with Crippen LogP contribution < -0.4 is 0 Å². The van der Waals surface area contributed by atoms with Crippen molar-refractivity contribution in [2.45, 2.75) is 90.4 Å². The van der Waals surface area contributed by atoms with Crippen LogP contribution in [0.4, 0.5) is 0 Å². The van der Waals surface area contributed by atoms with Crippen molar-refractivity contribution in [3.05, 3.63) is 12.3 Å². The Bertz CT molecular complexity index is 254. The van der Waals surface area contributed by atoms with E-state index in [9.17, 15) is 4.57 Å². The Balaban J connectivity index is 3.07. The third-order valence-electron chi connectivity index (χ3n) is 3.62. The fourth-order valence-electron chi connectivity index (χ4n) is 2.31. The largest absolute Gasteiger partial charge is 0.749 e. The highest BCUT2D eigenvalue weighted by molar-refractivity contribution is 7.33. The standard InChI is InChI=1S/C17H34O3P/c1-3-4-5-6-7-8-9-10-11-12-13-14-15-16-17-20-21(18)19-2/h16-17H,3-15H2,1-2H3/q+1. The summed E-state index contributed by atoms with van der Waals surface area (Å²) in [6, 6.07) is 0. The molecular weight excluding hydrogens is 283 g/mol. The third kappa shape index (κ3) is 17.5. The molecule has 21 heavy (non-hydrogen) atoms. The van der Waals surface area contributed by atoms with Gasteiger partial charge in [-0.2, -0.15) is 0 Å². The van der Waals surface area contributed by atoms with Crippen LogP contribution in [-0.4, -0.2) is 7.11 Å². The number of hydrogen-bond donors (Lipinski definition) is 0. The van der Waals surface area contributed by atoms with Crippen LogP contribution in [0.2, 0.25) is 0 Å². The molecule has 0 aliphatic rings. The Hall–Kier alpha value is -0.400. The number of unbranched alkanes of at least 4 members (excludes halogenated alkanes) is 12. The SMILES string of the molecule is CCCCCCCCCCCCCCC=CO[P+](=O)OC. The molecule has 0 radical (unpaired) electrons. The van der Waals surface area contributed by atoms with Crippen molar-refractivity contribution in [1.29, 1.82) is 0 Å². The zero-order valence-corrected chi connectivity index (χ0v) is 14.9. The highest BCUT2D eigenvalue weighted by Crippen LogP contribution is 2.21. The summed E-state index contributed by atoms with van der Waals surface area (Å²) in [7, 11) is -0.584. The summed E-state index contributed by atoms with van der Waals surface area (Å²) in [5, 5.41) is 0. The summed E-state index contributed by atoms with van der Waals surface area (Å²) < 4.78 is 20.1. The van der Waals surface area contributed by atoms with Gasteiger partial charge in [0.25, 0.3) is 0 Å². The van der Waals surface area contributed by atoms with Crippen molar-refractivity contribution >= 4 is 8.25 Å². The molecule has 0 aromatic heterocycles. The van der Waals surface area contributed by atoms with Crippen LogP contribution in [-0.2, 0) is 13.6 Å². The van der Waals surface area contributed by atoms with Crippen molar-refractivity contribution < 1.29 is 13.6 Å². The Morgan fingerprint density at radius 1 is 0.810 bits per heavy atom. The second-order valence-electron chi connectivity index (χ2n) is 5.56. The van der Waals surface area contributed by atoms with E-state index in [4.69, 9.17) is 4.52 Å². The van der Waals surface area contributed by atoms with Crippen molar-refractivity contribution in [3.8, 4) is 0 Å². The number of hydrogen-bond acceptors (Lipinski definition) is 3. The van der Waals surface area contributed by atoms with Gasteiger partial charge in [-0.1, -0.05) is 77.6 Å². The Morgan fingerprint density at radius 3 is 1.76 bits per heavy atom. The molecule has 0 N–H and O–H groups in total. The van der Waals surface area contributed by atoms with Gasteiger partial charge in [0.05, 0.1) is 7.11 Å². The summed E-state index contributed by atoms with van der Waals surface area (Å²) in [6.45, 7) is 2.27. The minimum Gasteiger partial charge on any atom is -0.238 e. The molecule has 0 aromatic rings. The van der Waals surface area contributed by atoms with E-state index in [1.807, 2.05) is 6.08 Å². The van der Waals surface area contributed by atoms with Crippen LogP contribution >= 0.6 is 8.25 Å². The third-order valence-corrected chi connectivity index (χ3v) is 4.21. The van der Waals surface area contributed by atoms with Crippen molar-refractivity contribution in [1.82, 2.24) is 0 Å². The van der Waals surface area contributed by atoms with Crippen LogP contribution in [0.25, 0.3) is 0 Å². The van der Waals surface area contributed by atoms with E-state index in [0.717, 1.165) is 6.42 Å². The van der Waals surface area contributed by atoms with Gasteiger partial charge in [0, 0.05) is 4.57 Å². The lowest BCUT2D eigenvalue weighted by Crippen LogP contribution is -1.82. The molecule has 1 atom stereocenters. The van der Waals surface area contributed by atoms with E-state index in [1.54, 1.807) is 0 Å². The maximum Gasteiger partial charge on any atom is 0.749 e. The van der Waals surface area contributed by atoms with Crippen LogP contribution in [0.15, 0.2) is 12.3 Å².